The standard InChI is InChI=1S/C12H12BrF2N3/c1-18-5-4-17-12(18)2-3-16-11-6-8(13)9(14)7-10(11)15/h4-7,16H,2-3H2,1H3. The van der Waals surface area contributed by atoms with Crippen LogP contribution >= 0.6 is 15.9 Å². The summed E-state index contributed by atoms with van der Waals surface area (Å²) in [4.78, 5) is 4.16. The van der Waals surface area contributed by atoms with Crippen molar-refractivity contribution < 1.29 is 8.78 Å². The minimum Gasteiger partial charge on any atom is -0.382 e. The molecule has 1 aromatic carbocycles. The Morgan fingerprint density at radius 2 is 2.11 bits per heavy atom. The molecule has 18 heavy (non-hydrogen) atoms. The zero-order valence-corrected chi connectivity index (χ0v) is 11.3. The van der Waals surface area contributed by atoms with Gasteiger partial charge in [0.2, 0.25) is 0 Å². The largest absolute Gasteiger partial charge is 0.382 e. The van der Waals surface area contributed by atoms with Crippen LogP contribution in [0.3, 0.4) is 0 Å². The molecule has 2 aromatic rings. The van der Waals surface area contributed by atoms with Crippen LogP contribution in [0.1, 0.15) is 5.82 Å². The maximum Gasteiger partial charge on any atom is 0.149 e. The molecule has 0 saturated heterocycles. The lowest BCUT2D eigenvalue weighted by Crippen LogP contribution is -2.09. The quantitative estimate of drug-likeness (QED) is 0.879. The van der Waals surface area contributed by atoms with Gasteiger partial charge in [0.05, 0.1) is 10.2 Å². The van der Waals surface area contributed by atoms with Gasteiger partial charge >= 0.3 is 0 Å². The van der Waals surface area contributed by atoms with Gasteiger partial charge in [-0.3, -0.25) is 0 Å². The lowest BCUT2D eigenvalue weighted by molar-refractivity contribution is 0.580. The minimum absolute atomic E-state index is 0.239. The Morgan fingerprint density at radius 3 is 2.78 bits per heavy atom. The van der Waals surface area contributed by atoms with E-state index in [4.69, 9.17) is 0 Å². The summed E-state index contributed by atoms with van der Waals surface area (Å²) in [6.07, 6.45) is 4.23. The molecule has 0 atom stereocenters. The summed E-state index contributed by atoms with van der Waals surface area (Å²) < 4.78 is 28.6. The number of hydrogen-bond donors (Lipinski definition) is 1. The second kappa shape index (κ2) is 5.48. The SMILES string of the molecule is Cn1ccnc1CCNc1cc(Br)c(F)cc1F. The van der Waals surface area contributed by atoms with Crippen LogP contribution in [0.25, 0.3) is 0 Å². The predicted octanol–water partition coefficient (Wildman–Crippen LogP) is 3.12. The van der Waals surface area contributed by atoms with Crippen LogP contribution in [0, 0.1) is 11.6 Å². The molecule has 0 spiro atoms. The van der Waals surface area contributed by atoms with Gasteiger partial charge in [0, 0.05) is 38.5 Å². The molecule has 0 unspecified atom stereocenters. The summed E-state index contributed by atoms with van der Waals surface area (Å²) in [6, 6.07) is 2.25. The van der Waals surface area contributed by atoms with E-state index in [1.807, 2.05) is 17.8 Å². The molecule has 1 aromatic heterocycles. The fraction of sp³-hybridized carbons (Fsp3) is 0.250. The van der Waals surface area contributed by atoms with Crippen molar-refractivity contribution in [3.8, 4) is 0 Å². The van der Waals surface area contributed by atoms with E-state index in [-0.39, 0.29) is 10.2 Å². The highest BCUT2D eigenvalue weighted by molar-refractivity contribution is 9.10. The first-order valence-electron chi connectivity index (χ1n) is 5.42. The Hall–Kier alpha value is -1.43. The number of nitrogens with one attached hydrogen (secondary N) is 1. The van der Waals surface area contributed by atoms with Gasteiger partial charge in [-0.25, -0.2) is 13.8 Å². The van der Waals surface area contributed by atoms with E-state index < -0.39 is 11.6 Å². The van der Waals surface area contributed by atoms with Crippen molar-refractivity contribution in [2.24, 2.45) is 7.05 Å². The van der Waals surface area contributed by atoms with Gasteiger partial charge in [0.15, 0.2) is 0 Å². The van der Waals surface area contributed by atoms with Crippen LogP contribution in [0.15, 0.2) is 29.0 Å². The van der Waals surface area contributed by atoms with E-state index >= 15 is 0 Å². The maximum absolute atomic E-state index is 13.4. The van der Waals surface area contributed by atoms with Crippen LogP contribution in [-0.4, -0.2) is 16.1 Å². The molecule has 96 valence electrons. The summed E-state index contributed by atoms with van der Waals surface area (Å²) in [5.41, 5.74) is 0.275. The Balaban J connectivity index is 1.99. The number of aromatic nitrogens is 2. The molecule has 0 amide bonds. The summed E-state index contributed by atoms with van der Waals surface area (Å²) in [5.74, 6) is -0.304. The van der Waals surface area contributed by atoms with Gasteiger partial charge in [0.25, 0.3) is 0 Å². The Bertz CT molecular complexity index is 554. The van der Waals surface area contributed by atoms with E-state index in [2.05, 4.69) is 26.2 Å². The van der Waals surface area contributed by atoms with Crippen LogP contribution in [0.2, 0.25) is 0 Å². The molecule has 0 aliphatic carbocycles. The van der Waals surface area contributed by atoms with Crippen LogP contribution in [0.5, 0.6) is 0 Å². The normalized spacial score (nSPS) is 10.7. The van der Waals surface area contributed by atoms with Crippen molar-refractivity contribution in [2.45, 2.75) is 6.42 Å². The van der Waals surface area contributed by atoms with Crippen molar-refractivity contribution in [3.05, 3.63) is 46.5 Å². The summed E-state index contributed by atoms with van der Waals surface area (Å²) in [7, 11) is 1.90. The second-order valence-corrected chi connectivity index (χ2v) is 4.73. The molecule has 0 bridgehead atoms. The lowest BCUT2D eigenvalue weighted by Gasteiger charge is -2.08. The summed E-state index contributed by atoms with van der Waals surface area (Å²) in [6.45, 7) is 0.528. The van der Waals surface area contributed by atoms with E-state index in [9.17, 15) is 8.78 Å². The topological polar surface area (TPSA) is 29.9 Å². The Labute approximate surface area is 112 Å². The van der Waals surface area contributed by atoms with Crippen molar-refractivity contribution >= 4 is 21.6 Å². The minimum atomic E-state index is -0.609. The average Bonchev–Trinajstić information content (AvgIpc) is 2.72. The van der Waals surface area contributed by atoms with E-state index in [1.165, 1.54) is 6.07 Å². The number of benzene rings is 1. The van der Waals surface area contributed by atoms with Crippen molar-refractivity contribution in [3.63, 3.8) is 0 Å². The van der Waals surface area contributed by atoms with Gasteiger partial charge in [-0.2, -0.15) is 0 Å². The average molecular weight is 316 g/mol. The van der Waals surface area contributed by atoms with Crippen LogP contribution in [0.4, 0.5) is 14.5 Å². The molecule has 6 heteroatoms. The number of nitrogens with zero attached hydrogens (tertiary/aromatic N) is 2. The molecule has 2 rings (SSSR count). The van der Waals surface area contributed by atoms with E-state index in [1.54, 1.807) is 6.20 Å². The second-order valence-electron chi connectivity index (χ2n) is 3.88. The first kappa shape index (κ1) is 13.0. The molecule has 0 saturated carbocycles. The monoisotopic (exact) mass is 315 g/mol. The number of imidazole rings is 1. The van der Waals surface area contributed by atoms with Gasteiger partial charge < -0.3 is 9.88 Å². The fourth-order valence-corrected chi connectivity index (χ4v) is 1.95. The van der Waals surface area contributed by atoms with Crippen LogP contribution < -0.4 is 5.32 Å². The first-order valence-corrected chi connectivity index (χ1v) is 6.22. The third-order valence-corrected chi connectivity index (χ3v) is 3.20. The Kier molecular flexibility index (Phi) is 3.96. The highest BCUT2D eigenvalue weighted by Crippen LogP contribution is 2.23. The third kappa shape index (κ3) is 2.87. The van der Waals surface area contributed by atoms with E-state index in [0.717, 1.165) is 11.9 Å². The Morgan fingerprint density at radius 1 is 1.33 bits per heavy atom. The first-order chi connectivity index (χ1) is 8.58. The lowest BCUT2D eigenvalue weighted by atomic mass is 10.3. The van der Waals surface area contributed by atoms with Crippen molar-refractivity contribution in [1.82, 2.24) is 9.55 Å². The fourth-order valence-electron chi connectivity index (χ4n) is 1.60. The smallest absolute Gasteiger partial charge is 0.149 e. The molecule has 0 radical (unpaired) electrons. The maximum atomic E-state index is 13.4. The van der Waals surface area contributed by atoms with Gasteiger partial charge in [0.1, 0.15) is 17.5 Å². The number of halogens is 3. The molecular weight excluding hydrogens is 304 g/mol. The third-order valence-electron chi connectivity index (χ3n) is 2.59. The highest BCUT2D eigenvalue weighted by Gasteiger charge is 2.08. The number of anilines is 1. The predicted molar refractivity (Wildman–Crippen MR) is 69.5 cm³/mol. The molecule has 0 aliphatic rings. The van der Waals surface area contributed by atoms with Crippen LogP contribution in [-0.2, 0) is 13.5 Å². The highest BCUT2D eigenvalue weighted by atomic mass is 79.9. The molecule has 3 nitrogen and oxygen atoms in total. The van der Waals surface area contributed by atoms with Crippen molar-refractivity contribution in [2.75, 3.05) is 11.9 Å². The summed E-state index contributed by atoms with van der Waals surface area (Å²) >= 11 is 3.02. The molecule has 1 N–H and O–H groups in total. The van der Waals surface area contributed by atoms with E-state index in [0.29, 0.717) is 13.0 Å². The number of aryl methyl sites for hydroxylation is 1. The zero-order valence-electron chi connectivity index (χ0n) is 9.75. The van der Waals surface area contributed by atoms with Crippen molar-refractivity contribution in [1.29, 1.82) is 0 Å². The molecule has 0 aliphatic heterocycles. The van der Waals surface area contributed by atoms with Gasteiger partial charge in [-0.1, -0.05) is 0 Å². The molecular formula is C12H12BrF2N3. The molecule has 1 heterocycles. The zero-order chi connectivity index (χ0) is 13.1. The number of rotatable bonds is 4. The molecule has 0 fully saturated rings. The van der Waals surface area contributed by atoms with Gasteiger partial charge in [-0.05, 0) is 22.0 Å². The summed E-state index contributed by atoms with van der Waals surface area (Å²) in [5, 5.41) is 2.92. The van der Waals surface area contributed by atoms with Gasteiger partial charge in [-0.15, -0.1) is 0 Å². The number of hydrogen-bond acceptors (Lipinski definition) is 2.